The first-order valence-electron chi connectivity index (χ1n) is 8.02. The summed E-state index contributed by atoms with van der Waals surface area (Å²) < 4.78 is 25.7. The Balaban J connectivity index is 2.02. The molecule has 0 radical (unpaired) electrons. The lowest BCUT2D eigenvalue weighted by Gasteiger charge is -2.27. The van der Waals surface area contributed by atoms with Crippen molar-refractivity contribution in [2.75, 3.05) is 16.4 Å². The molecule has 2 heterocycles. The molecule has 2 atom stereocenters. The number of nitrogens with zero attached hydrogens (tertiary/aromatic N) is 2. The van der Waals surface area contributed by atoms with E-state index in [0.29, 0.717) is 10.9 Å². The summed E-state index contributed by atoms with van der Waals surface area (Å²) in [5, 5.41) is 8.93. The molecule has 0 aromatic heterocycles. The van der Waals surface area contributed by atoms with E-state index in [1.54, 1.807) is 4.90 Å². The number of hydrogen-bond acceptors (Lipinski definition) is 5. The number of sulfone groups is 1. The highest BCUT2D eigenvalue weighted by Crippen LogP contribution is 2.46. The number of thioether (sulfide) groups is 1. The number of amides is 1. The van der Waals surface area contributed by atoms with Crippen LogP contribution in [0.1, 0.15) is 18.4 Å². The lowest BCUT2D eigenvalue weighted by atomic mass is 10.1. The lowest BCUT2D eigenvalue weighted by molar-refractivity contribution is -0.138. The Kier molecular flexibility index (Phi) is 6.05. The molecule has 0 aliphatic carbocycles. The number of aliphatic imine (C=N–C) groups is 1. The molecule has 0 bridgehead atoms. The molecule has 146 valence electrons. The minimum absolute atomic E-state index is 0.0141. The van der Waals surface area contributed by atoms with Gasteiger partial charge in [-0.25, -0.2) is 8.42 Å². The van der Waals surface area contributed by atoms with Gasteiger partial charge >= 0.3 is 5.97 Å². The second-order valence-corrected chi connectivity index (χ2v) is 11.5. The number of anilines is 1. The van der Waals surface area contributed by atoms with Crippen LogP contribution >= 0.6 is 43.6 Å². The molecular weight excluding hydrogens is 524 g/mol. The maximum Gasteiger partial charge on any atom is 0.303 e. The highest BCUT2D eigenvalue weighted by Gasteiger charge is 2.50. The average molecular weight is 540 g/mol. The number of halogens is 2. The maximum atomic E-state index is 12.1. The van der Waals surface area contributed by atoms with Gasteiger partial charge in [0.25, 0.3) is 0 Å². The summed E-state index contributed by atoms with van der Waals surface area (Å²) in [6, 6.07) is 3.48. The first kappa shape index (κ1) is 20.8. The minimum Gasteiger partial charge on any atom is -0.481 e. The summed E-state index contributed by atoms with van der Waals surface area (Å²) >= 11 is 8.32. The van der Waals surface area contributed by atoms with Crippen LogP contribution in [0.25, 0.3) is 0 Å². The zero-order valence-corrected chi connectivity index (χ0v) is 19.0. The van der Waals surface area contributed by atoms with Crippen molar-refractivity contribution in [2.45, 2.75) is 31.1 Å². The first-order valence-corrected chi connectivity index (χ1v) is 12.3. The minimum atomic E-state index is -3.16. The van der Waals surface area contributed by atoms with Crippen molar-refractivity contribution in [1.82, 2.24) is 0 Å². The number of amidine groups is 1. The highest BCUT2D eigenvalue weighted by atomic mass is 79.9. The quantitative estimate of drug-likeness (QED) is 0.627. The molecule has 2 unspecified atom stereocenters. The van der Waals surface area contributed by atoms with Crippen LogP contribution in [-0.2, 0) is 19.4 Å². The fourth-order valence-corrected chi connectivity index (χ4v) is 8.84. The molecule has 0 spiro atoms. The van der Waals surface area contributed by atoms with E-state index in [2.05, 4.69) is 36.9 Å². The molecule has 2 saturated heterocycles. The van der Waals surface area contributed by atoms with Crippen LogP contribution in [-0.4, -0.2) is 53.4 Å². The molecule has 2 fully saturated rings. The summed E-state index contributed by atoms with van der Waals surface area (Å²) in [6.07, 6.45) is -0.490. The second-order valence-electron chi connectivity index (χ2n) is 6.43. The van der Waals surface area contributed by atoms with Gasteiger partial charge in [-0.3, -0.25) is 9.59 Å². The van der Waals surface area contributed by atoms with Crippen LogP contribution in [0, 0.1) is 6.92 Å². The Labute approximate surface area is 177 Å². The van der Waals surface area contributed by atoms with E-state index < -0.39 is 21.7 Å². The van der Waals surface area contributed by atoms with Crippen LogP contribution in [0.3, 0.4) is 0 Å². The van der Waals surface area contributed by atoms with Crippen molar-refractivity contribution >= 4 is 76.2 Å². The van der Waals surface area contributed by atoms with Crippen LogP contribution in [0.5, 0.6) is 0 Å². The average Bonchev–Trinajstić information content (AvgIpc) is 2.97. The van der Waals surface area contributed by atoms with E-state index in [4.69, 9.17) is 5.11 Å². The molecule has 7 nitrogen and oxygen atoms in total. The third-order valence-corrected chi connectivity index (χ3v) is 8.66. The summed E-state index contributed by atoms with van der Waals surface area (Å²) in [7, 11) is -3.16. The third kappa shape index (κ3) is 4.57. The fraction of sp³-hybridized carbons (Fsp3) is 0.438. The van der Waals surface area contributed by atoms with Crippen LogP contribution in [0.4, 0.5) is 5.69 Å². The van der Waals surface area contributed by atoms with Gasteiger partial charge in [-0.05, 0) is 56.5 Å². The van der Waals surface area contributed by atoms with Gasteiger partial charge in [0.05, 0.1) is 29.7 Å². The number of aryl methyl sites for hydroxylation is 1. The van der Waals surface area contributed by atoms with Crippen LogP contribution in [0.15, 0.2) is 26.1 Å². The summed E-state index contributed by atoms with van der Waals surface area (Å²) in [4.78, 5) is 28.7. The number of carbonyl (C=O) groups excluding carboxylic acids is 1. The number of carboxylic acid groups (broad SMARTS) is 1. The second kappa shape index (κ2) is 7.84. The molecule has 2 aliphatic rings. The Morgan fingerprint density at radius 2 is 1.89 bits per heavy atom. The zero-order valence-electron chi connectivity index (χ0n) is 14.2. The predicted octanol–water partition coefficient (Wildman–Crippen LogP) is 2.99. The zero-order chi connectivity index (χ0) is 19.9. The normalized spacial score (nSPS) is 25.0. The Morgan fingerprint density at radius 3 is 2.48 bits per heavy atom. The number of carbonyl (C=O) groups is 2. The highest BCUT2D eigenvalue weighted by molar-refractivity contribution is 9.11. The maximum absolute atomic E-state index is 12.1. The van der Waals surface area contributed by atoms with Gasteiger partial charge in [0.1, 0.15) is 0 Å². The van der Waals surface area contributed by atoms with Gasteiger partial charge in [0.15, 0.2) is 15.0 Å². The van der Waals surface area contributed by atoms with Gasteiger partial charge in [-0.15, -0.1) is 0 Å². The van der Waals surface area contributed by atoms with E-state index in [-0.39, 0.29) is 35.6 Å². The summed E-state index contributed by atoms with van der Waals surface area (Å²) in [5.74, 6) is -1.58. The number of hydrogen-bond donors (Lipinski definition) is 1. The van der Waals surface area contributed by atoms with Gasteiger partial charge in [0.2, 0.25) is 5.91 Å². The van der Waals surface area contributed by atoms with Gasteiger partial charge in [0, 0.05) is 20.6 Å². The largest absolute Gasteiger partial charge is 0.481 e. The lowest BCUT2D eigenvalue weighted by Crippen LogP contribution is -2.38. The van der Waals surface area contributed by atoms with Gasteiger partial charge in [-0.2, -0.15) is 4.99 Å². The van der Waals surface area contributed by atoms with Crippen LogP contribution in [0.2, 0.25) is 0 Å². The number of benzene rings is 1. The monoisotopic (exact) mass is 538 g/mol. The molecule has 11 heteroatoms. The van der Waals surface area contributed by atoms with Crippen molar-refractivity contribution in [3.8, 4) is 0 Å². The van der Waals surface area contributed by atoms with Gasteiger partial charge < -0.3 is 10.0 Å². The molecule has 3 rings (SSSR count). The molecule has 2 aliphatic heterocycles. The van der Waals surface area contributed by atoms with E-state index in [9.17, 15) is 18.0 Å². The predicted molar refractivity (Wildman–Crippen MR) is 112 cm³/mol. The van der Waals surface area contributed by atoms with Crippen LogP contribution < -0.4 is 4.90 Å². The Morgan fingerprint density at radius 1 is 1.26 bits per heavy atom. The number of aliphatic carboxylic acids is 1. The SMILES string of the molecule is Cc1cc(Br)c(N2C(=NC(=O)CCC(=O)O)SC3CS(=O)(=O)CC32)c(Br)c1. The molecular formula is C16H16Br2N2O5S2. The molecule has 1 N–H and O–H groups in total. The smallest absolute Gasteiger partial charge is 0.303 e. The van der Waals surface area contributed by atoms with Crippen molar-refractivity contribution in [3.63, 3.8) is 0 Å². The molecule has 27 heavy (non-hydrogen) atoms. The van der Waals surface area contributed by atoms with Crippen molar-refractivity contribution in [2.24, 2.45) is 4.99 Å². The number of fused-ring (bicyclic) bond motifs is 1. The molecule has 1 amide bonds. The third-order valence-electron chi connectivity index (χ3n) is 4.24. The van der Waals surface area contributed by atoms with E-state index >= 15 is 0 Å². The van der Waals surface area contributed by atoms with Gasteiger partial charge in [-0.1, -0.05) is 11.8 Å². The van der Waals surface area contributed by atoms with E-state index in [1.165, 1.54) is 11.8 Å². The standard InChI is InChI=1S/C16H16Br2N2O5S2/c1-8-4-9(17)15(10(18)5-8)20-11-6-27(24,25)7-12(11)26-16(20)19-13(21)2-3-14(22)23/h4-5,11-12H,2-3,6-7H2,1H3,(H,22,23). The van der Waals surface area contributed by atoms with Crippen molar-refractivity contribution in [1.29, 1.82) is 0 Å². The Hall–Kier alpha value is -0.910. The first-order chi connectivity index (χ1) is 12.6. The summed E-state index contributed by atoms with van der Waals surface area (Å²) in [6.45, 7) is 1.94. The topological polar surface area (TPSA) is 104 Å². The Bertz CT molecular complexity index is 925. The van der Waals surface area contributed by atoms with E-state index in [0.717, 1.165) is 14.5 Å². The molecule has 1 aromatic rings. The number of carboxylic acids is 1. The molecule has 1 aromatic carbocycles. The summed E-state index contributed by atoms with van der Waals surface area (Å²) in [5.41, 5.74) is 1.72. The fourth-order valence-electron chi connectivity index (χ4n) is 3.12. The number of rotatable bonds is 4. The van der Waals surface area contributed by atoms with Crippen molar-refractivity contribution in [3.05, 3.63) is 26.6 Å². The van der Waals surface area contributed by atoms with E-state index in [1.807, 2.05) is 19.1 Å². The molecule has 0 saturated carbocycles. The van der Waals surface area contributed by atoms with Crippen molar-refractivity contribution < 1.29 is 23.1 Å².